The van der Waals surface area contributed by atoms with Crippen LogP contribution in [-0.4, -0.2) is 18.6 Å². The van der Waals surface area contributed by atoms with Gasteiger partial charge in [0.05, 0.1) is 0 Å². The van der Waals surface area contributed by atoms with Crippen molar-refractivity contribution in [3.05, 3.63) is 29.8 Å². The Morgan fingerprint density at radius 3 is 2.80 bits per heavy atom. The maximum Gasteiger partial charge on any atom is 0.408 e. The molecule has 5 nitrogen and oxygen atoms in total. The molecule has 2 aliphatic heterocycles. The van der Waals surface area contributed by atoms with Crippen LogP contribution in [0.3, 0.4) is 0 Å². The molecule has 0 radical (unpaired) electrons. The number of rotatable bonds is 0. The number of ether oxygens (including phenoxy) is 1. The predicted octanol–water partition coefficient (Wildman–Crippen LogP) is 0.574. The fraction of sp³-hybridized carbons (Fsp3) is 0.200. The number of benzene rings is 1. The number of anilines is 1. The maximum absolute atomic E-state index is 11.8. The lowest BCUT2D eigenvalue weighted by Gasteiger charge is -2.17. The molecule has 5 heteroatoms. The van der Waals surface area contributed by atoms with Crippen molar-refractivity contribution in [2.24, 2.45) is 0 Å². The topological polar surface area (TPSA) is 67.4 Å². The third kappa shape index (κ3) is 0.918. The summed E-state index contributed by atoms with van der Waals surface area (Å²) in [5.41, 5.74) is 0.474. The summed E-state index contributed by atoms with van der Waals surface area (Å²) in [6, 6.07) is 7.26. The lowest BCUT2D eigenvalue weighted by atomic mass is 9.93. The van der Waals surface area contributed by atoms with Crippen LogP contribution >= 0.6 is 0 Å². The Morgan fingerprint density at radius 1 is 1.27 bits per heavy atom. The van der Waals surface area contributed by atoms with Crippen LogP contribution in [0.5, 0.6) is 0 Å². The molecule has 0 saturated carbocycles. The first-order chi connectivity index (χ1) is 7.22. The number of fused-ring (bicyclic) bond motifs is 2. The van der Waals surface area contributed by atoms with Gasteiger partial charge in [-0.25, -0.2) is 4.79 Å². The zero-order valence-corrected chi connectivity index (χ0v) is 7.74. The van der Waals surface area contributed by atoms with E-state index in [-0.39, 0.29) is 12.5 Å². The van der Waals surface area contributed by atoms with Gasteiger partial charge in [0.1, 0.15) is 6.61 Å². The van der Waals surface area contributed by atoms with Crippen LogP contribution < -0.4 is 10.6 Å². The standard InChI is InChI=1S/C10H8N2O3/c13-8-10(5-15-9(14)12-10)6-3-1-2-4-7(6)11-8/h1-4H,5H2,(H,11,13)(H,12,14)/t10-/m1/s1. The van der Waals surface area contributed by atoms with E-state index in [0.717, 1.165) is 11.3 Å². The first kappa shape index (κ1) is 8.28. The van der Waals surface area contributed by atoms with Crippen molar-refractivity contribution >= 4 is 17.7 Å². The molecule has 2 aliphatic rings. The highest BCUT2D eigenvalue weighted by Gasteiger charge is 2.52. The molecule has 1 spiro atoms. The molecule has 1 aromatic carbocycles. The first-order valence-electron chi connectivity index (χ1n) is 4.58. The first-order valence-corrected chi connectivity index (χ1v) is 4.58. The fourth-order valence-electron chi connectivity index (χ4n) is 2.00. The van der Waals surface area contributed by atoms with E-state index in [4.69, 9.17) is 4.74 Å². The summed E-state index contributed by atoms with van der Waals surface area (Å²) in [4.78, 5) is 22.8. The van der Waals surface area contributed by atoms with Crippen molar-refractivity contribution in [1.29, 1.82) is 0 Å². The molecular weight excluding hydrogens is 196 g/mol. The lowest BCUT2D eigenvalue weighted by molar-refractivity contribution is -0.121. The summed E-state index contributed by atoms with van der Waals surface area (Å²) in [6.07, 6.45) is -0.554. The molecule has 15 heavy (non-hydrogen) atoms. The number of cyclic esters (lactones) is 1. The normalized spacial score (nSPS) is 27.2. The van der Waals surface area contributed by atoms with Gasteiger partial charge in [0.2, 0.25) is 0 Å². The van der Waals surface area contributed by atoms with E-state index >= 15 is 0 Å². The molecule has 0 aliphatic carbocycles. The molecule has 3 rings (SSSR count). The Bertz CT molecular complexity index is 471. The van der Waals surface area contributed by atoms with Crippen LogP contribution in [0.2, 0.25) is 0 Å². The minimum absolute atomic E-state index is 0.0503. The van der Waals surface area contributed by atoms with Crippen molar-refractivity contribution in [3.8, 4) is 0 Å². The third-order valence-electron chi connectivity index (χ3n) is 2.76. The molecule has 2 N–H and O–H groups in total. The van der Waals surface area contributed by atoms with Crippen LogP contribution in [-0.2, 0) is 15.1 Å². The van der Waals surface area contributed by atoms with Gasteiger partial charge in [-0.15, -0.1) is 0 Å². The zero-order valence-electron chi connectivity index (χ0n) is 7.74. The van der Waals surface area contributed by atoms with E-state index < -0.39 is 11.6 Å². The van der Waals surface area contributed by atoms with E-state index in [9.17, 15) is 9.59 Å². The van der Waals surface area contributed by atoms with E-state index in [1.807, 2.05) is 18.2 Å². The van der Waals surface area contributed by atoms with Gasteiger partial charge in [0.15, 0.2) is 5.54 Å². The van der Waals surface area contributed by atoms with Gasteiger partial charge in [-0.3, -0.25) is 10.1 Å². The highest BCUT2D eigenvalue weighted by molar-refractivity contribution is 6.08. The highest BCUT2D eigenvalue weighted by Crippen LogP contribution is 2.38. The number of amides is 2. The molecule has 1 fully saturated rings. The summed E-state index contributed by atoms with van der Waals surface area (Å²) in [7, 11) is 0. The van der Waals surface area contributed by atoms with E-state index in [0.29, 0.717) is 0 Å². The van der Waals surface area contributed by atoms with Crippen molar-refractivity contribution in [2.75, 3.05) is 11.9 Å². The Balaban J connectivity index is 2.17. The van der Waals surface area contributed by atoms with Crippen LogP contribution in [0.1, 0.15) is 5.56 Å². The monoisotopic (exact) mass is 204 g/mol. The van der Waals surface area contributed by atoms with E-state index in [1.165, 1.54) is 0 Å². The zero-order chi connectivity index (χ0) is 10.5. The number of hydrogen-bond donors (Lipinski definition) is 2. The minimum Gasteiger partial charge on any atom is -0.446 e. The smallest absolute Gasteiger partial charge is 0.408 e. The predicted molar refractivity (Wildman–Crippen MR) is 51.2 cm³/mol. The second-order valence-corrected chi connectivity index (χ2v) is 3.61. The number of hydrogen-bond acceptors (Lipinski definition) is 3. The average Bonchev–Trinajstić information content (AvgIpc) is 2.73. The Hall–Kier alpha value is -2.04. The summed E-state index contributed by atoms with van der Waals surface area (Å²) in [6.45, 7) is 0.0503. The molecule has 76 valence electrons. The Morgan fingerprint density at radius 2 is 2.07 bits per heavy atom. The van der Waals surface area contributed by atoms with Gasteiger partial charge >= 0.3 is 6.09 Å². The Labute approximate surface area is 85.4 Å². The van der Waals surface area contributed by atoms with Crippen LogP contribution in [0.15, 0.2) is 24.3 Å². The summed E-state index contributed by atoms with van der Waals surface area (Å²) < 4.78 is 4.81. The molecule has 2 amide bonds. The largest absolute Gasteiger partial charge is 0.446 e. The fourth-order valence-corrected chi connectivity index (χ4v) is 2.00. The summed E-state index contributed by atoms with van der Waals surface area (Å²) >= 11 is 0. The van der Waals surface area contributed by atoms with Gasteiger partial charge in [0, 0.05) is 11.3 Å². The van der Waals surface area contributed by atoms with Crippen molar-refractivity contribution in [1.82, 2.24) is 5.32 Å². The van der Waals surface area contributed by atoms with E-state index in [1.54, 1.807) is 6.07 Å². The van der Waals surface area contributed by atoms with Crippen LogP contribution in [0.25, 0.3) is 0 Å². The number of carbonyl (C=O) groups is 2. The summed E-state index contributed by atoms with van der Waals surface area (Å²) in [5.74, 6) is -0.241. The second kappa shape index (κ2) is 2.50. The van der Waals surface area contributed by atoms with Gasteiger partial charge in [0.25, 0.3) is 5.91 Å². The number of alkyl carbamates (subject to hydrolysis) is 1. The molecular formula is C10H8N2O3. The molecule has 1 saturated heterocycles. The average molecular weight is 204 g/mol. The maximum atomic E-state index is 11.8. The van der Waals surface area contributed by atoms with Crippen molar-refractivity contribution in [2.45, 2.75) is 5.54 Å². The quantitative estimate of drug-likeness (QED) is 0.649. The van der Waals surface area contributed by atoms with E-state index in [2.05, 4.69) is 10.6 Å². The third-order valence-corrected chi connectivity index (χ3v) is 2.76. The lowest BCUT2D eigenvalue weighted by Crippen LogP contribution is -2.46. The summed E-state index contributed by atoms with van der Waals surface area (Å²) in [5, 5.41) is 5.28. The molecule has 2 heterocycles. The Kier molecular flexibility index (Phi) is 1.38. The van der Waals surface area contributed by atoms with Crippen LogP contribution in [0, 0.1) is 0 Å². The molecule has 0 aromatic heterocycles. The van der Waals surface area contributed by atoms with Gasteiger partial charge < -0.3 is 10.1 Å². The van der Waals surface area contributed by atoms with Gasteiger partial charge in [-0.05, 0) is 6.07 Å². The molecule has 1 atom stereocenters. The van der Waals surface area contributed by atoms with Gasteiger partial charge in [-0.2, -0.15) is 0 Å². The van der Waals surface area contributed by atoms with Gasteiger partial charge in [-0.1, -0.05) is 18.2 Å². The SMILES string of the molecule is O=C1N[C@@]2(CO1)C(=O)Nc1ccccc12. The molecule has 0 bridgehead atoms. The van der Waals surface area contributed by atoms with Crippen LogP contribution in [0.4, 0.5) is 10.5 Å². The molecule has 1 aromatic rings. The van der Waals surface area contributed by atoms with Crippen molar-refractivity contribution in [3.63, 3.8) is 0 Å². The van der Waals surface area contributed by atoms with Crippen molar-refractivity contribution < 1.29 is 14.3 Å². The minimum atomic E-state index is -1.02. The number of para-hydroxylation sites is 1. The number of carbonyl (C=O) groups excluding carboxylic acids is 2. The number of nitrogens with one attached hydrogen (secondary N) is 2. The second-order valence-electron chi connectivity index (χ2n) is 3.61. The molecule has 0 unspecified atom stereocenters. The highest BCUT2D eigenvalue weighted by atomic mass is 16.6.